The van der Waals surface area contributed by atoms with Crippen molar-refractivity contribution in [3.63, 3.8) is 0 Å². The van der Waals surface area contributed by atoms with Crippen LogP contribution in [0.2, 0.25) is 0 Å². The summed E-state index contributed by atoms with van der Waals surface area (Å²) in [5.74, 6) is 0.0547. The van der Waals surface area contributed by atoms with Gasteiger partial charge in [-0.25, -0.2) is 4.98 Å². The van der Waals surface area contributed by atoms with Crippen molar-refractivity contribution in [2.24, 2.45) is 0 Å². The van der Waals surface area contributed by atoms with Crippen LogP contribution in [0, 0.1) is 11.3 Å². The normalized spacial score (nSPS) is 14.4. The molecular weight excluding hydrogens is 424 g/mol. The molecule has 0 radical (unpaired) electrons. The van der Waals surface area contributed by atoms with Crippen LogP contribution in [-0.2, 0) is 13.0 Å². The molecule has 1 fully saturated rings. The number of piperazine rings is 1. The molecule has 1 amide bonds. The van der Waals surface area contributed by atoms with E-state index in [-0.39, 0.29) is 5.91 Å². The highest BCUT2D eigenvalue weighted by molar-refractivity contribution is 7.99. The zero-order chi connectivity index (χ0) is 21.6. The molecule has 4 rings (SSSR count). The fourth-order valence-corrected chi connectivity index (χ4v) is 5.35. The summed E-state index contributed by atoms with van der Waals surface area (Å²) in [4.78, 5) is 24.0. The van der Waals surface area contributed by atoms with E-state index in [1.54, 1.807) is 17.4 Å². The lowest BCUT2D eigenvalue weighted by molar-refractivity contribution is 0.0624. The topological polar surface area (TPSA) is 60.2 Å². The van der Waals surface area contributed by atoms with E-state index in [2.05, 4.69) is 28.3 Å². The molecule has 31 heavy (non-hydrogen) atoms. The van der Waals surface area contributed by atoms with Gasteiger partial charge in [0.25, 0.3) is 5.91 Å². The van der Waals surface area contributed by atoms with Crippen LogP contribution < -0.4 is 0 Å². The molecule has 5 nitrogen and oxygen atoms in total. The number of benzene rings is 2. The van der Waals surface area contributed by atoms with E-state index in [0.29, 0.717) is 24.2 Å². The third kappa shape index (κ3) is 5.16. The average molecular weight is 449 g/mol. The van der Waals surface area contributed by atoms with Gasteiger partial charge in [0.05, 0.1) is 21.8 Å². The number of carbonyl (C=O) groups is 1. The van der Waals surface area contributed by atoms with Crippen molar-refractivity contribution >= 4 is 29.0 Å². The molecule has 1 saturated heterocycles. The number of nitrogens with zero attached hydrogens (tertiary/aromatic N) is 4. The van der Waals surface area contributed by atoms with Crippen LogP contribution in [0.4, 0.5) is 0 Å². The molecule has 158 valence electrons. The van der Waals surface area contributed by atoms with Crippen molar-refractivity contribution in [3.8, 4) is 6.07 Å². The largest absolute Gasteiger partial charge is 0.336 e. The minimum absolute atomic E-state index is 0.0547. The van der Waals surface area contributed by atoms with Crippen molar-refractivity contribution in [2.45, 2.75) is 29.7 Å². The summed E-state index contributed by atoms with van der Waals surface area (Å²) < 4.78 is 0. The highest BCUT2D eigenvalue weighted by Gasteiger charge is 2.24. The summed E-state index contributed by atoms with van der Waals surface area (Å²) in [6.07, 6.45) is 0.975. The lowest BCUT2D eigenvalue weighted by Gasteiger charge is -2.34. The van der Waals surface area contributed by atoms with E-state index < -0.39 is 0 Å². The first-order valence-corrected chi connectivity index (χ1v) is 12.1. The first kappa shape index (κ1) is 21.6. The van der Waals surface area contributed by atoms with Crippen LogP contribution in [0.1, 0.15) is 33.5 Å². The van der Waals surface area contributed by atoms with Gasteiger partial charge >= 0.3 is 0 Å². The van der Waals surface area contributed by atoms with Gasteiger partial charge in [-0.3, -0.25) is 9.69 Å². The predicted octanol–water partition coefficient (Wildman–Crippen LogP) is 4.69. The minimum atomic E-state index is 0.0547. The van der Waals surface area contributed by atoms with E-state index in [0.717, 1.165) is 41.5 Å². The molecule has 0 N–H and O–H groups in total. The van der Waals surface area contributed by atoms with Gasteiger partial charge in [-0.05, 0) is 30.7 Å². The number of amides is 1. The van der Waals surface area contributed by atoms with Crippen LogP contribution in [0.15, 0.2) is 63.7 Å². The molecule has 2 heterocycles. The molecule has 3 aromatic rings. The first-order chi connectivity index (χ1) is 15.2. The minimum Gasteiger partial charge on any atom is -0.336 e. The second kappa shape index (κ2) is 10.1. The SMILES string of the molecule is CCc1nc(CN2CCN(C(=O)c3ccccc3Sc3ccccc3C#N)CC2)cs1. The number of aromatic nitrogens is 1. The second-order valence-corrected chi connectivity index (χ2v) is 9.39. The molecule has 1 aliphatic rings. The summed E-state index contributed by atoms with van der Waals surface area (Å²) in [7, 11) is 0. The van der Waals surface area contributed by atoms with E-state index in [1.807, 2.05) is 47.4 Å². The van der Waals surface area contributed by atoms with Crippen molar-refractivity contribution in [1.29, 1.82) is 5.26 Å². The summed E-state index contributed by atoms with van der Waals surface area (Å²) in [5.41, 5.74) is 2.44. The van der Waals surface area contributed by atoms with Gasteiger partial charge in [0.15, 0.2) is 0 Å². The Morgan fingerprint density at radius 1 is 1.10 bits per heavy atom. The lowest BCUT2D eigenvalue weighted by atomic mass is 10.1. The fourth-order valence-electron chi connectivity index (χ4n) is 3.59. The van der Waals surface area contributed by atoms with E-state index >= 15 is 0 Å². The van der Waals surface area contributed by atoms with Gasteiger partial charge in [0, 0.05) is 47.9 Å². The second-order valence-electron chi connectivity index (χ2n) is 7.36. The molecule has 0 saturated carbocycles. The Morgan fingerprint density at radius 3 is 2.52 bits per heavy atom. The van der Waals surface area contributed by atoms with Gasteiger partial charge in [0.1, 0.15) is 6.07 Å². The Labute approximate surface area is 191 Å². The monoisotopic (exact) mass is 448 g/mol. The molecule has 0 unspecified atom stereocenters. The summed E-state index contributed by atoms with van der Waals surface area (Å²) >= 11 is 3.20. The molecule has 1 aromatic heterocycles. The van der Waals surface area contributed by atoms with Gasteiger partial charge < -0.3 is 4.90 Å². The van der Waals surface area contributed by atoms with Crippen LogP contribution in [0.3, 0.4) is 0 Å². The Kier molecular flexibility index (Phi) is 7.03. The van der Waals surface area contributed by atoms with Crippen LogP contribution in [0.5, 0.6) is 0 Å². The number of rotatable bonds is 6. The Balaban J connectivity index is 1.42. The average Bonchev–Trinajstić information content (AvgIpc) is 3.27. The summed E-state index contributed by atoms with van der Waals surface area (Å²) in [6, 6.07) is 17.4. The maximum atomic E-state index is 13.3. The predicted molar refractivity (Wildman–Crippen MR) is 124 cm³/mol. The van der Waals surface area contributed by atoms with Crippen LogP contribution >= 0.6 is 23.1 Å². The smallest absolute Gasteiger partial charge is 0.255 e. The van der Waals surface area contributed by atoms with Crippen molar-refractivity contribution in [3.05, 3.63) is 75.7 Å². The molecule has 1 aliphatic heterocycles. The standard InChI is InChI=1S/C24H24N4OS2/c1-2-23-26-19(17-30-23)16-27-11-13-28(14-12-27)24(29)20-8-4-6-10-22(20)31-21-9-5-3-7-18(21)15-25/h3-10,17H,2,11-14,16H2,1H3. The summed E-state index contributed by atoms with van der Waals surface area (Å²) in [6.45, 7) is 6.07. The molecule has 0 spiro atoms. The third-order valence-electron chi connectivity index (χ3n) is 5.29. The quantitative estimate of drug-likeness (QED) is 0.548. The highest BCUT2D eigenvalue weighted by atomic mass is 32.2. The maximum absolute atomic E-state index is 13.3. The lowest BCUT2D eigenvalue weighted by Crippen LogP contribution is -2.48. The van der Waals surface area contributed by atoms with Gasteiger partial charge in [-0.1, -0.05) is 43.0 Å². The first-order valence-electron chi connectivity index (χ1n) is 10.4. The number of aryl methyl sites for hydroxylation is 1. The van der Waals surface area contributed by atoms with Crippen molar-refractivity contribution in [2.75, 3.05) is 26.2 Å². The zero-order valence-electron chi connectivity index (χ0n) is 17.5. The number of thiazole rings is 1. The van der Waals surface area contributed by atoms with Gasteiger partial charge in [-0.2, -0.15) is 5.26 Å². The fraction of sp³-hybridized carbons (Fsp3) is 0.292. The van der Waals surface area contributed by atoms with E-state index in [9.17, 15) is 10.1 Å². The third-order valence-corrected chi connectivity index (χ3v) is 7.49. The zero-order valence-corrected chi connectivity index (χ0v) is 19.1. The van der Waals surface area contributed by atoms with Gasteiger partial charge in [0.2, 0.25) is 0 Å². The molecule has 7 heteroatoms. The Hall–Kier alpha value is -2.66. The van der Waals surface area contributed by atoms with Crippen molar-refractivity contribution in [1.82, 2.24) is 14.8 Å². The van der Waals surface area contributed by atoms with E-state index in [4.69, 9.17) is 0 Å². The van der Waals surface area contributed by atoms with Gasteiger partial charge in [-0.15, -0.1) is 11.3 Å². The summed E-state index contributed by atoms with van der Waals surface area (Å²) in [5, 5.41) is 12.7. The Morgan fingerprint density at radius 2 is 1.81 bits per heavy atom. The van der Waals surface area contributed by atoms with E-state index in [1.165, 1.54) is 16.8 Å². The number of hydrogen-bond acceptors (Lipinski definition) is 6. The molecule has 0 atom stereocenters. The Bertz CT molecular complexity index is 1100. The van der Waals surface area contributed by atoms with Crippen LogP contribution in [-0.4, -0.2) is 46.9 Å². The molecule has 2 aromatic carbocycles. The van der Waals surface area contributed by atoms with Crippen LogP contribution in [0.25, 0.3) is 0 Å². The number of carbonyl (C=O) groups excluding carboxylic acids is 1. The molecule has 0 aliphatic carbocycles. The highest BCUT2D eigenvalue weighted by Crippen LogP contribution is 2.33. The number of nitriles is 1. The van der Waals surface area contributed by atoms with Crippen molar-refractivity contribution < 1.29 is 4.79 Å². The molecular formula is C24H24N4OS2. The number of hydrogen-bond donors (Lipinski definition) is 0. The molecule has 0 bridgehead atoms. The maximum Gasteiger partial charge on any atom is 0.255 e.